The standard InChI is InChI=1S/C70H139N2O6P/c1-6-8-10-12-14-16-18-20-22-24-26-28-30-32-33-34-35-36-37-38-39-40-42-44-46-48-50-52-54-56-58-60-62-64-70(74)71-68(67-78-79(75,76)77-66-65-72(3,4)5)69(73)63-61-59-57-55-53-51-49-47-45-43-41-31-29-27-25-23-21-19-17-15-13-11-9-7-2/h53,55,61,63,68-69,73H,6-52,54,56-60,62,64-67H2,1-5H3,(H-,71,74,75,76)/p+1/b55-53+,63-61+. The van der Waals surface area contributed by atoms with Crippen LogP contribution in [0.1, 0.15) is 367 Å². The van der Waals surface area contributed by atoms with Gasteiger partial charge in [0, 0.05) is 6.42 Å². The van der Waals surface area contributed by atoms with Crippen molar-refractivity contribution in [3.05, 3.63) is 24.3 Å². The molecular weight excluding hydrogens is 996 g/mol. The third-order valence-electron chi connectivity index (χ3n) is 16.4. The van der Waals surface area contributed by atoms with Gasteiger partial charge < -0.3 is 19.8 Å². The van der Waals surface area contributed by atoms with Crippen molar-refractivity contribution in [1.82, 2.24) is 5.32 Å². The summed E-state index contributed by atoms with van der Waals surface area (Å²) in [4.78, 5) is 23.4. The van der Waals surface area contributed by atoms with Gasteiger partial charge in [-0.25, -0.2) is 4.57 Å². The first-order valence-electron chi connectivity index (χ1n) is 35.2. The maximum Gasteiger partial charge on any atom is 0.472 e. The smallest absolute Gasteiger partial charge is 0.387 e. The first-order valence-corrected chi connectivity index (χ1v) is 36.7. The lowest BCUT2D eigenvalue weighted by Gasteiger charge is -2.25. The number of allylic oxidation sites excluding steroid dienone is 3. The maximum absolute atomic E-state index is 13.0. The van der Waals surface area contributed by atoms with Gasteiger partial charge in [-0.1, -0.05) is 353 Å². The SMILES string of the molecule is CCCCCCCCCCCCCCCCCCCC/C=C/CC/C=C/C(O)C(COP(=O)(O)OCC[N+](C)(C)C)NC(=O)CCCCCCCCCCCCCCCCCCCCCCCCCCCCCCCCCCC. The monoisotopic (exact) mass is 1140 g/mol. The van der Waals surface area contributed by atoms with Crippen LogP contribution in [0.15, 0.2) is 24.3 Å². The topological polar surface area (TPSA) is 105 Å². The molecule has 470 valence electrons. The number of likely N-dealkylation sites (N-methyl/N-ethyl adjacent to an activating group) is 1. The first-order chi connectivity index (χ1) is 38.5. The van der Waals surface area contributed by atoms with Crippen molar-refractivity contribution >= 4 is 13.7 Å². The zero-order valence-corrected chi connectivity index (χ0v) is 54.8. The molecule has 0 aliphatic heterocycles. The number of amides is 1. The summed E-state index contributed by atoms with van der Waals surface area (Å²) in [6.45, 7) is 4.86. The molecule has 1 amide bonds. The summed E-state index contributed by atoms with van der Waals surface area (Å²) in [5, 5.41) is 14.0. The fraction of sp³-hybridized carbons (Fsp3) is 0.929. The number of aliphatic hydroxyl groups excluding tert-OH is 1. The van der Waals surface area contributed by atoms with E-state index in [4.69, 9.17) is 9.05 Å². The lowest BCUT2D eigenvalue weighted by atomic mass is 10.0. The molecular formula is C70H140N2O6P+. The highest BCUT2D eigenvalue weighted by Crippen LogP contribution is 2.43. The number of hydrogen-bond acceptors (Lipinski definition) is 5. The fourth-order valence-electron chi connectivity index (χ4n) is 10.9. The molecule has 0 saturated carbocycles. The summed E-state index contributed by atoms with van der Waals surface area (Å²) < 4.78 is 23.8. The molecule has 3 atom stereocenters. The van der Waals surface area contributed by atoms with Gasteiger partial charge in [-0.2, -0.15) is 0 Å². The molecule has 0 aromatic rings. The molecule has 0 heterocycles. The molecule has 0 radical (unpaired) electrons. The molecule has 0 aliphatic rings. The van der Waals surface area contributed by atoms with Gasteiger partial charge in [0.2, 0.25) is 5.91 Å². The maximum atomic E-state index is 13.0. The summed E-state index contributed by atoms with van der Waals surface area (Å²) in [7, 11) is 1.57. The van der Waals surface area contributed by atoms with Gasteiger partial charge in [-0.05, 0) is 32.1 Å². The Bertz CT molecular complexity index is 1340. The molecule has 0 saturated heterocycles. The number of hydrogen-bond donors (Lipinski definition) is 3. The van der Waals surface area contributed by atoms with Gasteiger partial charge >= 0.3 is 7.82 Å². The Labute approximate surface area is 494 Å². The van der Waals surface area contributed by atoms with Crippen LogP contribution >= 0.6 is 7.82 Å². The van der Waals surface area contributed by atoms with Crippen LogP contribution in [-0.2, 0) is 18.4 Å². The number of nitrogens with one attached hydrogen (secondary N) is 1. The van der Waals surface area contributed by atoms with Gasteiger partial charge in [0.15, 0.2) is 0 Å². The Morgan fingerprint density at radius 2 is 0.696 bits per heavy atom. The minimum Gasteiger partial charge on any atom is -0.387 e. The lowest BCUT2D eigenvalue weighted by molar-refractivity contribution is -0.870. The predicted octanol–water partition coefficient (Wildman–Crippen LogP) is 22.3. The molecule has 3 unspecified atom stereocenters. The number of carbonyl (C=O) groups excluding carboxylic acids is 1. The highest BCUT2D eigenvalue weighted by molar-refractivity contribution is 7.47. The van der Waals surface area contributed by atoms with Crippen LogP contribution in [0.4, 0.5) is 0 Å². The number of rotatable bonds is 66. The predicted molar refractivity (Wildman–Crippen MR) is 346 cm³/mol. The molecule has 0 bridgehead atoms. The van der Waals surface area contributed by atoms with Gasteiger partial charge in [0.1, 0.15) is 13.2 Å². The quantitative estimate of drug-likeness (QED) is 0.0243. The third-order valence-corrected chi connectivity index (χ3v) is 17.4. The van der Waals surface area contributed by atoms with E-state index in [0.29, 0.717) is 17.4 Å². The second-order valence-electron chi connectivity index (χ2n) is 25.6. The van der Waals surface area contributed by atoms with E-state index < -0.39 is 20.0 Å². The van der Waals surface area contributed by atoms with Crippen LogP contribution in [0.3, 0.4) is 0 Å². The molecule has 8 nitrogen and oxygen atoms in total. The highest BCUT2D eigenvalue weighted by atomic mass is 31.2. The summed E-state index contributed by atoms with van der Waals surface area (Å²) in [6.07, 6.45) is 80.6. The number of nitrogens with zero attached hydrogens (tertiary/aromatic N) is 1. The fourth-order valence-corrected chi connectivity index (χ4v) is 11.7. The number of phosphoric ester groups is 1. The molecule has 0 aromatic heterocycles. The molecule has 3 N–H and O–H groups in total. The van der Waals surface area contributed by atoms with Gasteiger partial charge in [0.25, 0.3) is 0 Å². The second-order valence-corrected chi connectivity index (χ2v) is 27.1. The van der Waals surface area contributed by atoms with Crippen molar-refractivity contribution in [1.29, 1.82) is 0 Å². The molecule has 0 fully saturated rings. The normalized spacial score (nSPS) is 13.8. The Hall–Kier alpha value is -1.02. The Morgan fingerprint density at radius 1 is 0.418 bits per heavy atom. The van der Waals surface area contributed by atoms with E-state index in [1.807, 2.05) is 27.2 Å². The van der Waals surface area contributed by atoms with Gasteiger partial charge in [0.05, 0.1) is 39.9 Å². The average molecular weight is 1140 g/mol. The minimum atomic E-state index is -4.36. The van der Waals surface area contributed by atoms with E-state index in [2.05, 4.69) is 31.3 Å². The second kappa shape index (κ2) is 61.5. The van der Waals surface area contributed by atoms with E-state index in [-0.39, 0.29) is 19.1 Å². The van der Waals surface area contributed by atoms with Crippen LogP contribution in [-0.4, -0.2) is 73.4 Å². The molecule has 0 aromatic carbocycles. The van der Waals surface area contributed by atoms with E-state index in [9.17, 15) is 19.4 Å². The largest absolute Gasteiger partial charge is 0.472 e. The summed E-state index contributed by atoms with van der Waals surface area (Å²) in [5.74, 6) is -0.178. The lowest BCUT2D eigenvalue weighted by Crippen LogP contribution is -2.45. The van der Waals surface area contributed by atoms with E-state index in [1.165, 1.54) is 308 Å². The Morgan fingerprint density at radius 3 is 1.01 bits per heavy atom. The van der Waals surface area contributed by atoms with Crippen molar-refractivity contribution in [3.8, 4) is 0 Å². The van der Waals surface area contributed by atoms with Gasteiger partial charge in [-0.3, -0.25) is 13.8 Å². The van der Waals surface area contributed by atoms with E-state index in [0.717, 1.165) is 38.5 Å². The van der Waals surface area contributed by atoms with E-state index in [1.54, 1.807) is 6.08 Å². The molecule has 79 heavy (non-hydrogen) atoms. The molecule has 0 spiro atoms. The van der Waals surface area contributed by atoms with Crippen molar-refractivity contribution in [3.63, 3.8) is 0 Å². The zero-order chi connectivity index (χ0) is 57.7. The first kappa shape index (κ1) is 78.0. The van der Waals surface area contributed by atoms with Crippen molar-refractivity contribution in [2.45, 2.75) is 379 Å². The number of quaternary nitrogens is 1. The number of aliphatic hydroxyl groups is 1. The number of phosphoric acid groups is 1. The Balaban J connectivity index is 4.03. The third kappa shape index (κ3) is 64.4. The van der Waals surface area contributed by atoms with Crippen molar-refractivity contribution < 1.29 is 32.9 Å². The zero-order valence-electron chi connectivity index (χ0n) is 53.9. The van der Waals surface area contributed by atoms with Crippen LogP contribution in [0, 0.1) is 0 Å². The van der Waals surface area contributed by atoms with Crippen molar-refractivity contribution in [2.24, 2.45) is 0 Å². The number of unbranched alkanes of at least 4 members (excludes halogenated alkanes) is 51. The molecule has 0 aliphatic carbocycles. The minimum absolute atomic E-state index is 0.0591. The average Bonchev–Trinajstić information content (AvgIpc) is 3.42. The van der Waals surface area contributed by atoms with Crippen molar-refractivity contribution in [2.75, 3.05) is 40.9 Å². The van der Waals surface area contributed by atoms with E-state index >= 15 is 0 Å². The Kier molecular flexibility index (Phi) is 60.7. The summed E-state index contributed by atoms with van der Waals surface area (Å²) in [5.41, 5.74) is 0. The molecule has 9 heteroatoms. The van der Waals surface area contributed by atoms with Crippen LogP contribution in [0.25, 0.3) is 0 Å². The van der Waals surface area contributed by atoms with Crippen LogP contribution in [0.5, 0.6) is 0 Å². The number of carbonyl (C=O) groups is 1. The van der Waals surface area contributed by atoms with Crippen LogP contribution in [0.2, 0.25) is 0 Å². The highest BCUT2D eigenvalue weighted by Gasteiger charge is 2.28. The summed E-state index contributed by atoms with van der Waals surface area (Å²) in [6, 6.07) is -0.862. The molecule has 0 rings (SSSR count). The van der Waals surface area contributed by atoms with Gasteiger partial charge in [-0.15, -0.1) is 0 Å². The summed E-state index contributed by atoms with van der Waals surface area (Å²) >= 11 is 0. The van der Waals surface area contributed by atoms with Crippen LogP contribution < -0.4 is 5.32 Å².